The second kappa shape index (κ2) is 8.81. The third-order valence-electron chi connectivity index (χ3n) is 4.83. The van der Waals surface area contributed by atoms with Crippen molar-refractivity contribution in [3.8, 4) is 0 Å². The van der Waals surface area contributed by atoms with Gasteiger partial charge in [0, 0.05) is 23.3 Å². The van der Waals surface area contributed by atoms with Crippen LogP contribution in [0, 0.1) is 13.8 Å². The summed E-state index contributed by atoms with van der Waals surface area (Å²) < 4.78 is 2.91. The molecule has 1 amide bonds. The van der Waals surface area contributed by atoms with Gasteiger partial charge in [-0.15, -0.1) is 0 Å². The molecule has 8 heteroatoms. The van der Waals surface area contributed by atoms with Crippen molar-refractivity contribution in [2.75, 3.05) is 32.1 Å². The van der Waals surface area contributed by atoms with Crippen molar-refractivity contribution < 1.29 is 4.79 Å². The lowest BCUT2D eigenvalue weighted by Gasteiger charge is -2.20. The molecule has 2 heterocycles. The minimum absolute atomic E-state index is 0.117. The maximum atomic E-state index is 13.4. The van der Waals surface area contributed by atoms with Crippen LogP contribution in [-0.4, -0.2) is 52.8 Å². The van der Waals surface area contributed by atoms with E-state index in [0.717, 1.165) is 34.4 Å². The molecule has 0 radical (unpaired) electrons. The molecule has 6 nitrogen and oxygen atoms in total. The zero-order chi connectivity index (χ0) is 21.3. The number of aromatic nitrogens is 3. The van der Waals surface area contributed by atoms with Gasteiger partial charge in [-0.25, -0.2) is 4.98 Å². The summed E-state index contributed by atoms with van der Waals surface area (Å²) in [7, 11) is 4.06. The average Bonchev–Trinajstić information content (AvgIpc) is 3.25. The zero-order valence-electron chi connectivity index (χ0n) is 17.9. The zero-order valence-corrected chi connectivity index (χ0v) is 19.4. The van der Waals surface area contributed by atoms with Gasteiger partial charge in [0.2, 0.25) is 0 Å². The predicted molar refractivity (Wildman–Crippen MR) is 122 cm³/mol. The largest absolute Gasteiger partial charge is 0.309 e. The Hall–Kier alpha value is -1.96. The molecule has 0 atom stereocenters. The number of carbonyl (C=O) groups excluding carboxylic acids is 1. The molecule has 0 N–H and O–H groups in total. The Morgan fingerprint density at radius 2 is 1.97 bits per heavy atom. The standard InChI is InChI=1S/C21H28ClN5OS/c1-13(2)27-14(3)12-17(24-27)20(28)26(11-7-10-25(5)6)21-23-19-15(4)16(22)8-9-18(19)29-21/h8-9,12-13H,7,10-11H2,1-6H3. The number of carbonyl (C=O) groups is 1. The lowest BCUT2D eigenvalue weighted by molar-refractivity contribution is 0.0980. The van der Waals surface area contributed by atoms with Crippen LogP contribution in [0.15, 0.2) is 18.2 Å². The van der Waals surface area contributed by atoms with Crippen LogP contribution < -0.4 is 4.90 Å². The van der Waals surface area contributed by atoms with E-state index < -0.39 is 0 Å². The van der Waals surface area contributed by atoms with Gasteiger partial charge in [-0.05, 0) is 78.5 Å². The summed E-state index contributed by atoms with van der Waals surface area (Å²) >= 11 is 7.78. The lowest BCUT2D eigenvalue weighted by Crippen LogP contribution is -2.33. The number of amides is 1. The Morgan fingerprint density at radius 3 is 2.59 bits per heavy atom. The van der Waals surface area contributed by atoms with Crippen LogP contribution in [-0.2, 0) is 0 Å². The number of benzene rings is 1. The molecule has 0 spiro atoms. The predicted octanol–water partition coefficient (Wildman–Crippen LogP) is 4.94. The molecule has 0 fully saturated rings. The van der Waals surface area contributed by atoms with Gasteiger partial charge in [-0.1, -0.05) is 22.9 Å². The van der Waals surface area contributed by atoms with Crippen LogP contribution in [0.2, 0.25) is 5.02 Å². The minimum atomic E-state index is -0.117. The van der Waals surface area contributed by atoms with E-state index in [1.54, 1.807) is 4.90 Å². The third kappa shape index (κ3) is 4.63. The van der Waals surface area contributed by atoms with E-state index in [1.165, 1.54) is 11.3 Å². The smallest absolute Gasteiger partial charge is 0.280 e. The van der Waals surface area contributed by atoms with Crippen molar-refractivity contribution >= 4 is 44.2 Å². The van der Waals surface area contributed by atoms with E-state index in [4.69, 9.17) is 16.6 Å². The fourth-order valence-electron chi connectivity index (χ4n) is 3.29. The van der Waals surface area contributed by atoms with E-state index in [1.807, 2.05) is 50.8 Å². The second-order valence-corrected chi connectivity index (χ2v) is 9.25. The Kier molecular flexibility index (Phi) is 6.61. The molecule has 0 saturated carbocycles. The van der Waals surface area contributed by atoms with Gasteiger partial charge in [0.15, 0.2) is 10.8 Å². The molecule has 0 unspecified atom stereocenters. The highest BCUT2D eigenvalue weighted by molar-refractivity contribution is 7.22. The Morgan fingerprint density at radius 1 is 1.24 bits per heavy atom. The van der Waals surface area contributed by atoms with Crippen molar-refractivity contribution in [3.63, 3.8) is 0 Å². The maximum Gasteiger partial charge on any atom is 0.280 e. The molecule has 0 saturated heterocycles. The van der Waals surface area contributed by atoms with Gasteiger partial charge in [-0.2, -0.15) is 5.10 Å². The van der Waals surface area contributed by atoms with Gasteiger partial charge >= 0.3 is 0 Å². The van der Waals surface area contributed by atoms with Crippen LogP contribution >= 0.6 is 22.9 Å². The number of nitrogens with zero attached hydrogens (tertiary/aromatic N) is 5. The van der Waals surface area contributed by atoms with Crippen LogP contribution in [0.5, 0.6) is 0 Å². The fraction of sp³-hybridized carbons (Fsp3) is 0.476. The van der Waals surface area contributed by atoms with Gasteiger partial charge in [-0.3, -0.25) is 14.4 Å². The summed E-state index contributed by atoms with van der Waals surface area (Å²) in [5.41, 5.74) is 3.22. The molecule has 2 aromatic heterocycles. The Labute approximate surface area is 181 Å². The summed E-state index contributed by atoms with van der Waals surface area (Å²) in [4.78, 5) is 22.1. The lowest BCUT2D eigenvalue weighted by atomic mass is 10.2. The summed E-state index contributed by atoms with van der Waals surface area (Å²) in [5.74, 6) is -0.117. The number of anilines is 1. The first-order valence-electron chi connectivity index (χ1n) is 9.77. The number of aryl methyl sites for hydroxylation is 2. The van der Waals surface area contributed by atoms with E-state index in [9.17, 15) is 4.79 Å². The maximum absolute atomic E-state index is 13.4. The van der Waals surface area contributed by atoms with Crippen molar-refractivity contribution in [2.45, 2.75) is 40.2 Å². The van der Waals surface area contributed by atoms with Gasteiger partial charge in [0.05, 0.1) is 10.2 Å². The number of fused-ring (bicyclic) bond motifs is 1. The number of hydrogen-bond acceptors (Lipinski definition) is 5. The molecular formula is C21H28ClN5OS. The van der Waals surface area contributed by atoms with E-state index in [-0.39, 0.29) is 11.9 Å². The van der Waals surface area contributed by atoms with Gasteiger partial charge < -0.3 is 4.90 Å². The second-order valence-electron chi connectivity index (χ2n) is 7.84. The SMILES string of the molecule is Cc1c(Cl)ccc2sc(N(CCCN(C)C)C(=O)c3cc(C)n(C(C)C)n3)nc12. The van der Waals surface area contributed by atoms with Gasteiger partial charge in [0.25, 0.3) is 5.91 Å². The van der Waals surface area contributed by atoms with Crippen molar-refractivity contribution in [2.24, 2.45) is 0 Å². The highest BCUT2D eigenvalue weighted by Gasteiger charge is 2.25. The number of rotatable bonds is 7. The molecule has 3 aromatic rings. The molecular weight excluding hydrogens is 406 g/mol. The summed E-state index contributed by atoms with van der Waals surface area (Å²) in [6, 6.07) is 5.90. The van der Waals surface area contributed by atoms with E-state index >= 15 is 0 Å². The molecule has 0 aliphatic carbocycles. The van der Waals surface area contributed by atoms with Crippen molar-refractivity contribution in [1.29, 1.82) is 0 Å². The van der Waals surface area contributed by atoms with Crippen molar-refractivity contribution in [3.05, 3.63) is 40.2 Å². The van der Waals surface area contributed by atoms with E-state index in [2.05, 4.69) is 23.8 Å². The minimum Gasteiger partial charge on any atom is -0.309 e. The normalized spacial score (nSPS) is 11.8. The first-order chi connectivity index (χ1) is 13.7. The van der Waals surface area contributed by atoms with Crippen LogP contribution in [0.1, 0.15) is 48.1 Å². The number of halogens is 1. The number of hydrogen-bond donors (Lipinski definition) is 0. The highest BCUT2D eigenvalue weighted by atomic mass is 35.5. The Bertz CT molecular complexity index is 1020. The molecule has 29 heavy (non-hydrogen) atoms. The van der Waals surface area contributed by atoms with E-state index in [0.29, 0.717) is 22.4 Å². The van der Waals surface area contributed by atoms with Crippen LogP contribution in [0.3, 0.4) is 0 Å². The monoisotopic (exact) mass is 433 g/mol. The Balaban J connectivity index is 1.99. The average molecular weight is 434 g/mol. The quantitative estimate of drug-likeness (QED) is 0.529. The highest BCUT2D eigenvalue weighted by Crippen LogP contribution is 2.34. The third-order valence-corrected chi connectivity index (χ3v) is 6.28. The summed E-state index contributed by atoms with van der Waals surface area (Å²) in [6.07, 6.45) is 0.846. The topological polar surface area (TPSA) is 54.3 Å². The van der Waals surface area contributed by atoms with Crippen molar-refractivity contribution in [1.82, 2.24) is 19.7 Å². The number of thiazole rings is 1. The first kappa shape index (κ1) is 21.7. The molecule has 0 bridgehead atoms. The molecule has 1 aromatic carbocycles. The first-order valence-corrected chi connectivity index (χ1v) is 11.0. The molecule has 0 aliphatic heterocycles. The molecule has 156 valence electrons. The molecule has 3 rings (SSSR count). The fourth-order valence-corrected chi connectivity index (χ4v) is 4.49. The summed E-state index contributed by atoms with van der Waals surface area (Å²) in [5, 5.41) is 5.93. The summed E-state index contributed by atoms with van der Waals surface area (Å²) in [6.45, 7) is 9.52. The molecule has 0 aliphatic rings. The van der Waals surface area contributed by atoms with Crippen LogP contribution in [0.4, 0.5) is 5.13 Å². The van der Waals surface area contributed by atoms with Crippen LogP contribution in [0.25, 0.3) is 10.2 Å². The van der Waals surface area contributed by atoms with Gasteiger partial charge in [0.1, 0.15) is 0 Å².